The lowest BCUT2D eigenvalue weighted by Crippen LogP contribution is -2.41. The van der Waals surface area contributed by atoms with E-state index in [2.05, 4.69) is 27.2 Å². The van der Waals surface area contributed by atoms with E-state index in [1.165, 1.54) is 0 Å². The Balaban J connectivity index is 2.07. The molecule has 0 aliphatic heterocycles. The number of sulfone groups is 1. The van der Waals surface area contributed by atoms with E-state index < -0.39 is 15.4 Å². The predicted octanol–water partition coefficient (Wildman–Crippen LogP) is 4.36. The molecule has 0 spiro atoms. The van der Waals surface area contributed by atoms with Crippen LogP contribution in [0, 0.1) is 18.8 Å². The van der Waals surface area contributed by atoms with Crippen molar-refractivity contribution in [2.75, 3.05) is 40.1 Å². The highest BCUT2D eigenvalue weighted by molar-refractivity contribution is 7.90. The van der Waals surface area contributed by atoms with Crippen molar-refractivity contribution in [2.45, 2.75) is 38.1 Å². The number of nitrogens with zero attached hydrogens (tertiary/aromatic N) is 3. The molecule has 3 rings (SSSR count). The van der Waals surface area contributed by atoms with E-state index in [4.69, 9.17) is 16.3 Å². The summed E-state index contributed by atoms with van der Waals surface area (Å²) < 4.78 is 30.7. The lowest BCUT2D eigenvalue weighted by molar-refractivity contribution is 0.0913. The van der Waals surface area contributed by atoms with Crippen LogP contribution in [0.15, 0.2) is 47.4 Å². The van der Waals surface area contributed by atoms with Gasteiger partial charge >= 0.3 is 0 Å². The molecular weight excluding hydrogens is 536 g/mol. The maximum Gasteiger partial charge on any atom is 0.272 e. The monoisotopic (exact) mass is 570 g/mol. The van der Waals surface area contributed by atoms with Gasteiger partial charge in [-0.2, -0.15) is 5.10 Å². The summed E-state index contributed by atoms with van der Waals surface area (Å²) in [6, 6.07) is 11.9. The second kappa shape index (κ2) is 12.3. The Labute approximate surface area is 236 Å². The number of amides is 1. The minimum Gasteiger partial charge on any atom is -0.383 e. The topological polar surface area (TPSA) is 93.5 Å². The summed E-state index contributed by atoms with van der Waals surface area (Å²) in [6.45, 7) is 9.51. The summed E-state index contributed by atoms with van der Waals surface area (Å²) >= 11 is 6.73. The molecule has 0 radical (unpaired) electrons. The van der Waals surface area contributed by atoms with E-state index in [0.29, 0.717) is 40.7 Å². The van der Waals surface area contributed by atoms with Gasteiger partial charge in [0.2, 0.25) is 0 Å². The number of methoxy groups -OCH3 is 1. The number of likely N-dealkylation sites (N-methyl/N-ethyl adjacent to an activating group) is 1. The average molecular weight is 571 g/mol. The molecule has 0 saturated carbocycles. The first kappa shape index (κ1) is 30.4. The summed E-state index contributed by atoms with van der Waals surface area (Å²) in [7, 11) is 0.278. The first-order valence-corrected chi connectivity index (χ1v) is 14.7. The number of benzene rings is 2. The van der Waals surface area contributed by atoms with E-state index in [1.807, 2.05) is 46.9 Å². The molecule has 0 unspecified atom stereocenters. The molecule has 0 saturated heterocycles. The Bertz CT molecular complexity index is 1510. The van der Waals surface area contributed by atoms with Crippen LogP contribution < -0.4 is 5.32 Å². The minimum atomic E-state index is -3.36. The summed E-state index contributed by atoms with van der Waals surface area (Å²) in [4.78, 5) is 15.4. The predicted molar refractivity (Wildman–Crippen MR) is 155 cm³/mol. The smallest absolute Gasteiger partial charge is 0.272 e. The number of carbonyl (C=O) groups excluding carboxylic acids is 1. The normalized spacial score (nSPS) is 11.8. The molecule has 1 heterocycles. The zero-order valence-electron chi connectivity index (χ0n) is 23.4. The second-order valence-corrected chi connectivity index (χ2v) is 12.9. The second-order valence-electron chi connectivity index (χ2n) is 10.4. The van der Waals surface area contributed by atoms with Crippen LogP contribution in [0.2, 0.25) is 5.02 Å². The molecule has 3 aromatic rings. The van der Waals surface area contributed by atoms with Gasteiger partial charge in [-0.25, -0.2) is 13.1 Å². The van der Waals surface area contributed by atoms with Gasteiger partial charge in [0, 0.05) is 42.1 Å². The number of hydrogen-bond donors (Lipinski definition) is 1. The van der Waals surface area contributed by atoms with Gasteiger partial charge in [-0.3, -0.25) is 9.69 Å². The third-order valence-corrected chi connectivity index (χ3v) is 7.25. The first-order chi connectivity index (χ1) is 18.2. The fraction of sp³-hybridized carbons (Fsp3) is 0.379. The van der Waals surface area contributed by atoms with Gasteiger partial charge < -0.3 is 10.1 Å². The van der Waals surface area contributed by atoms with Crippen LogP contribution in [-0.4, -0.2) is 74.7 Å². The molecular formula is C29H35ClN4O4S. The van der Waals surface area contributed by atoms with Gasteiger partial charge in [0.25, 0.3) is 5.91 Å². The van der Waals surface area contributed by atoms with E-state index >= 15 is 0 Å². The average Bonchev–Trinajstić information content (AvgIpc) is 3.18. The Morgan fingerprint density at radius 2 is 1.85 bits per heavy atom. The maximum atomic E-state index is 13.1. The van der Waals surface area contributed by atoms with Crippen LogP contribution >= 0.6 is 11.6 Å². The van der Waals surface area contributed by atoms with E-state index in [9.17, 15) is 13.2 Å². The zero-order valence-corrected chi connectivity index (χ0v) is 25.0. The number of hydrogen-bond acceptors (Lipinski definition) is 6. The molecule has 0 aliphatic carbocycles. The largest absolute Gasteiger partial charge is 0.383 e. The molecule has 1 N–H and O–H groups in total. The zero-order chi connectivity index (χ0) is 29.0. The van der Waals surface area contributed by atoms with Crippen LogP contribution in [0.25, 0.3) is 16.9 Å². The Hall–Kier alpha value is -3.16. The lowest BCUT2D eigenvalue weighted by Gasteiger charge is -2.19. The van der Waals surface area contributed by atoms with Gasteiger partial charge in [0.05, 0.1) is 34.5 Å². The summed E-state index contributed by atoms with van der Waals surface area (Å²) in [6.07, 6.45) is 1.16. The van der Waals surface area contributed by atoms with Gasteiger partial charge in [-0.05, 0) is 65.1 Å². The van der Waals surface area contributed by atoms with Crippen molar-refractivity contribution in [3.63, 3.8) is 0 Å². The molecule has 208 valence electrons. The Morgan fingerprint density at radius 3 is 2.41 bits per heavy atom. The number of carbonyl (C=O) groups is 1. The number of nitrogens with one attached hydrogen (secondary N) is 1. The Morgan fingerprint density at radius 1 is 1.18 bits per heavy atom. The maximum absolute atomic E-state index is 13.1. The molecule has 8 nitrogen and oxygen atoms in total. The van der Waals surface area contributed by atoms with Gasteiger partial charge in [-0.1, -0.05) is 35.6 Å². The van der Waals surface area contributed by atoms with Crippen molar-refractivity contribution >= 4 is 27.3 Å². The highest BCUT2D eigenvalue weighted by atomic mass is 35.5. The standard InChI is InChI=1S/C29H35ClN4O4S/c1-20-26(28(35)31-29(2,3)4)32-34(27(20)22-11-13-23(14-12-22)39(7,36)37)25-15-10-21(19-24(25)30)9-8-16-33(5)17-18-38-6/h10-15,19H,16-18H2,1-7H3,(H,31,35). The van der Waals surface area contributed by atoms with Gasteiger partial charge in [0.1, 0.15) is 0 Å². The van der Waals surface area contributed by atoms with Crippen molar-refractivity contribution in [3.8, 4) is 28.8 Å². The van der Waals surface area contributed by atoms with Crippen LogP contribution in [0.4, 0.5) is 0 Å². The molecule has 0 fully saturated rings. The molecule has 10 heteroatoms. The van der Waals surface area contributed by atoms with Crippen LogP contribution in [0.5, 0.6) is 0 Å². The number of aromatic nitrogens is 2. The molecule has 1 aromatic heterocycles. The molecule has 2 aromatic carbocycles. The van der Waals surface area contributed by atoms with Crippen molar-refractivity contribution in [1.29, 1.82) is 0 Å². The highest BCUT2D eigenvalue weighted by Crippen LogP contribution is 2.32. The molecule has 1 amide bonds. The number of rotatable bonds is 8. The summed E-state index contributed by atoms with van der Waals surface area (Å²) in [5, 5.41) is 8.03. The number of halogens is 1. The van der Waals surface area contributed by atoms with Crippen LogP contribution in [0.3, 0.4) is 0 Å². The van der Waals surface area contributed by atoms with Gasteiger partial charge in [-0.15, -0.1) is 0 Å². The molecule has 0 aliphatic rings. The van der Waals surface area contributed by atoms with E-state index in [-0.39, 0.29) is 16.5 Å². The SMILES string of the molecule is COCCN(C)CC#Cc1ccc(-n2nc(C(=O)NC(C)(C)C)c(C)c2-c2ccc(S(C)(=O)=O)cc2)c(Cl)c1. The molecule has 0 atom stereocenters. The van der Waals surface area contributed by atoms with Crippen molar-refractivity contribution in [1.82, 2.24) is 20.0 Å². The third-order valence-electron chi connectivity index (χ3n) is 5.82. The van der Waals surface area contributed by atoms with Crippen molar-refractivity contribution in [3.05, 3.63) is 64.3 Å². The lowest BCUT2D eigenvalue weighted by atomic mass is 10.0. The fourth-order valence-electron chi connectivity index (χ4n) is 3.84. The van der Waals surface area contributed by atoms with Crippen LogP contribution in [-0.2, 0) is 14.6 Å². The van der Waals surface area contributed by atoms with Crippen molar-refractivity contribution < 1.29 is 17.9 Å². The van der Waals surface area contributed by atoms with E-state index in [0.717, 1.165) is 18.4 Å². The summed E-state index contributed by atoms with van der Waals surface area (Å²) in [5.41, 5.74) is 3.09. The summed E-state index contributed by atoms with van der Waals surface area (Å²) in [5.74, 6) is 5.95. The molecule has 0 bridgehead atoms. The first-order valence-electron chi connectivity index (χ1n) is 12.4. The number of ether oxygens (including phenoxy) is 1. The quantitative estimate of drug-likeness (QED) is 0.404. The van der Waals surface area contributed by atoms with E-state index in [1.54, 1.807) is 42.1 Å². The fourth-order valence-corrected chi connectivity index (χ4v) is 4.73. The third kappa shape index (κ3) is 7.93. The van der Waals surface area contributed by atoms with Crippen LogP contribution in [0.1, 0.15) is 42.4 Å². The highest BCUT2D eigenvalue weighted by Gasteiger charge is 2.25. The molecule has 39 heavy (non-hydrogen) atoms. The Kier molecular flexibility index (Phi) is 9.62. The van der Waals surface area contributed by atoms with Crippen molar-refractivity contribution in [2.24, 2.45) is 0 Å². The van der Waals surface area contributed by atoms with Gasteiger partial charge in [0.15, 0.2) is 15.5 Å². The minimum absolute atomic E-state index is 0.203.